The zero-order valence-electron chi connectivity index (χ0n) is 12.8. The standard InChI is InChI=1S/C16H14BrF3N2O2/c1-9-6-12(17)14(13(7-9)24-16(18,19)20)22-15(23)10-4-3-5-11(8-10)21-2/h3-8,21H,1-2H3,(H,22,23). The molecule has 0 unspecified atom stereocenters. The van der Waals surface area contributed by atoms with Crippen LogP contribution in [0, 0.1) is 6.92 Å². The number of alkyl halides is 3. The van der Waals surface area contributed by atoms with Crippen molar-refractivity contribution in [3.05, 3.63) is 52.0 Å². The minimum absolute atomic E-state index is 0.0854. The summed E-state index contributed by atoms with van der Waals surface area (Å²) in [6.07, 6.45) is -4.86. The molecule has 0 saturated carbocycles. The van der Waals surface area contributed by atoms with Gasteiger partial charge in [0, 0.05) is 22.8 Å². The van der Waals surface area contributed by atoms with Crippen molar-refractivity contribution in [2.75, 3.05) is 17.7 Å². The van der Waals surface area contributed by atoms with Crippen LogP contribution in [0.25, 0.3) is 0 Å². The summed E-state index contributed by atoms with van der Waals surface area (Å²) in [7, 11) is 1.70. The number of benzene rings is 2. The Labute approximate surface area is 145 Å². The minimum Gasteiger partial charge on any atom is -0.404 e. The Morgan fingerprint density at radius 3 is 2.54 bits per heavy atom. The van der Waals surface area contributed by atoms with Crippen LogP contribution in [0.3, 0.4) is 0 Å². The Bertz CT molecular complexity index is 763. The van der Waals surface area contributed by atoms with Crippen molar-refractivity contribution in [3.8, 4) is 5.75 Å². The van der Waals surface area contributed by atoms with Crippen molar-refractivity contribution in [2.45, 2.75) is 13.3 Å². The number of hydrogen-bond acceptors (Lipinski definition) is 3. The number of ether oxygens (including phenoxy) is 1. The Hall–Kier alpha value is -2.22. The lowest BCUT2D eigenvalue weighted by Crippen LogP contribution is -2.20. The van der Waals surface area contributed by atoms with Gasteiger partial charge in [-0.25, -0.2) is 0 Å². The number of rotatable bonds is 4. The zero-order chi connectivity index (χ0) is 17.9. The maximum atomic E-state index is 12.6. The fourth-order valence-corrected chi connectivity index (χ4v) is 2.69. The van der Waals surface area contributed by atoms with Gasteiger partial charge in [-0.3, -0.25) is 4.79 Å². The smallest absolute Gasteiger partial charge is 0.404 e. The van der Waals surface area contributed by atoms with Gasteiger partial charge in [0.25, 0.3) is 5.91 Å². The molecule has 2 aromatic carbocycles. The van der Waals surface area contributed by atoms with E-state index in [1.807, 2.05) is 0 Å². The molecule has 0 saturated heterocycles. The first-order valence-electron chi connectivity index (χ1n) is 6.84. The van der Waals surface area contributed by atoms with Crippen LogP contribution in [0.1, 0.15) is 15.9 Å². The quantitative estimate of drug-likeness (QED) is 0.760. The van der Waals surface area contributed by atoms with Crippen molar-refractivity contribution >= 4 is 33.2 Å². The van der Waals surface area contributed by atoms with Gasteiger partial charge in [-0.2, -0.15) is 0 Å². The monoisotopic (exact) mass is 402 g/mol. The highest BCUT2D eigenvalue weighted by molar-refractivity contribution is 9.10. The van der Waals surface area contributed by atoms with E-state index in [0.29, 0.717) is 21.3 Å². The Balaban J connectivity index is 2.35. The Kier molecular flexibility index (Phi) is 5.38. The second kappa shape index (κ2) is 7.12. The first kappa shape index (κ1) is 18.1. The van der Waals surface area contributed by atoms with Crippen LogP contribution in [-0.4, -0.2) is 19.3 Å². The van der Waals surface area contributed by atoms with Crippen molar-refractivity contribution in [2.24, 2.45) is 0 Å². The van der Waals surface area contributed by atoms with Crippen LogP contribution in [0.2, 0.25) is 0 Å². The maximum Gasteiger partial charge on any atom is 0.573 e. The van der Waals surface area contributed by atoms with E-state index in [2.05, 4.69) is 31.3 Å². The number of amides is 1. The van der Waals surface area contributed by atoms with Gasteiger partial charge in [0.05, 0.1) is 5.69 Å². The summed E-state index contributed by atoms with van der Waals surface area (Å²) < 4.78 is 42.1. The van der Waals surface area contributed by atoms with E-state index in [1.54, 1.807) is 44.3 Å². The van der Waals surface area contributed by atoms with Gasteiger partial charge in [0.2, 0.25) is 0 Å². The summed E-state index contributed by atoms with van der Waals surface area (Å²) in [6, 6.07) is 9.36. The fourth-order valence-electron chi connectivity index (χ4n) is 2.04. The first-order valence-corrected chi connectivity index (χ1v) is 7.64. The summed E-state index contributed by atoms with van der Waals surface area (Å²) in [4.78, 5) is 12.3. The summed E-state index contributed by atoms with van der Waals surface area (Å²) in [5.74, 6) is -1.03. The van der Waals surface area contributed by atoms with Crippen LogP contribution >= 0.6 is 15.9 Å². The van der Waals surface area contributed by atoms with E-state index in [1.165, 1.54) is 6.07 Å². The lowest BCUT2D eigenvalue weighted by Gasteiger charge is -2.16. The molecule has 0 bridgehead atoms. The molecular formula is C16H14BrF3N2O2. The molecule has 2 aromatic rings. The third-order valence-electron chi connectivity index (χ3n) is 3.08. The average molecular weight is 403 g/mol. The van der Waals surface area contributed by atoms with Crippen molar-refractivity contribution in [3.63, 3.8) is 0 Å². The number of aryl methyl sites for hydroxylation is 1. The van der Waals surface area contributed by atoms with Crippen molar-refractivity contribution in [1.82, 2.24) is 0 Å². The number of carbonyl (C=O) groups excluding carboxylic acids is 1. The van der Waals surface area contributed by atoms with Gasteiger partial charge in [-0.15, -0.1) is 13.2 Å². The van der Waals surface area contributed by atoms with Gasteiger partial charge in [0.15, 0.2) is 5.75 Å². The highest BCUT2D eigenvalue weighted by Crippen LogP contribution is 2.37. The van der Waals surface area contributed by atoms with Gasteiger partial charge in [-0.1, -0.05) is 6.07 Å². The fraction of sp³-hybridized carbons (Fsp3) is 0.188. The minimum atomic E-state index is -4.86. The first-order chi connectivity index (χ1) is 11.2. The number of nitrogens with one attached hydrogen (secondary N) is 2. The summed E-state index contributed by atoms with van der Waals surface area (Å²) >= 11 is 3.16. The van der Waals surface area contributed by atoms with Gasteiger partial charge >= 0.3 is 6.36 Å². The Morgan fingerprint density at radius 1 is 1.21 bits per heavy atom. The maximum absolute atomic E-state index is 12.6. The summed E-state index contributed by atoms with van der Waals surface area (Å²) in [6.45, 7) is 1.62. The zero-order valence-corrected chi connectivity index (χ0v) is 14.4. The molecule has 2 N–H and O–H groups in total. The second-order valence-corrected chi connectivity index (χ2v) is 5.81. The van der Waals surface area contributed by atoms with E-state index >= 15 is 0 Å². The SMILES string of the molecule is CNc1cccc(C(=O)Nc2c(Br)cc(C)cc2OC(F)(F)F)c1. The lowest BCUT2D eigenvalue weighted by molar-refractivity contribution is -0.274. The molecule has 0 heterocycles. The predicted octanol–water partition coefficient (Wildman–Crippen LogP) is 4.95. The van der Waals surface area contributed by atoms with Crippen LogP contribution in [0.4, 0.5) is 24.5 Å². The molecule has 1 amide bonds. The molecule has 24 heavy (non-hydrogen) atoms. The van der Waals surface area contributed by atoms with E-state index in [-0.39, 0.29) is 5.69 Å². The van der Waals surface area contributed by atoms with Crippen molar-refractivity contribution < 1.29 is 22.7 Å². The average Bonchev–Trinajstić information content (AvgIpc) is 2.49. The largest absolute Gasteiger partial charge is 0.573 e. The van der Waals surface area contributed by atoms with Crippen LogP contribution in [-0.2, 0) is 0 Å². The van der Waals surface area contributed by atoms with E-state index in [4.69, 9.17) is 0 Å². The number of halogens is 4. The number of hydrogen-bond donors (Lipinski definition) is 2. The van der Waals surface area contributed by atoms with Crippen molar-refractivity contribution in [1.29, 1.82) is 0 Å². The topological polar surface area (TPSA) is 50.4 Å². The molecule has 0 radical (unpaired) electrons. The van der Waals surface area contributed by atoms with Gasteiger partial charge in [-0.05, 0) is 58.7 Å². The summed E-state index contributed by atoms with van der Waals surface area (Å²) in [5.41, 5.74) is 1.47. The number of carbonyl (C=O) groups is 1. The number of anilines is 2. The molecule has 128 valence electrons. The molecule has 8 heteroatoms. The van der Waals surface area contributed by atoms with E-state index in [0.717, 1.165) is 0 Å². The van der Waals surface area contributed by atoms with E-state index in [9.17, 15) is 18.0 Å². The van der Waals surface area contributed by atoms with Crippen LogP contribution in [0.15, 0.2) is 40.9 Å². The molecule has 0 aromatic heterocycles. The molecule has 0 spiro atoms. The second-order valence-electron chi connectivity index (χ2n) is 4.95. The highest BCUT2D eigenvalue weighted by Gasteiger charge is 2.33. The molecule has 0 aliphatic heterocycles. The van der Waals surface area contributed by atoms with Gasteiger partial charge in [0.1, 0.15) is 0 Å². The van der Waals surface area contributed by atoms with Gasteiger partial charge < -0.3 is 15.4 Å². The molecule has 0 aliphatic rings. The van der Waals surface area contributed by atoms with Crippen LogP contribution < -0.4 is 15.4 Å². The van der Waals surface area contributed by atoms with E-state index < -0.39 is 18.0 Å². The molecular weight excluding hydrogens is 389 g/mol. The molecule has 0 aliphatic carbocycles. The molecule has 2 rings (SSSR count). The lowest BCUT2D eigenvalue weighted by atomic mass is 10.1. The highest BCUT2D eigenvalue weighted by atomic mass is 79.9. The van der Waals surface area contributed by atoms with Crippen LogP contribution in [0.5, 0.6) is 5.75 Å². The Morgan fingerprint density at radius 2 is 1.92 bits per heavy atom. The molecule has 4 nitrogen and oxygen atoms in total. The third kappa shape index (κ3) is 4.64. The molecule has 0 fully saturated rings. The third-order valence-corrected chi connectivity index (χ3v) is 3.70. The summed E-state index contributed by atoms with van der Waals surface area (Å²) in [5, 5.41) is 5.34. The molecule has 0 atom stereocenters. The predicted molar refractivity (Wildman–Crippen MR) is 89.5 cm³/mol. The normalized spacial score (nSPS) is 11.1.